The number of rotatable bonds is 5. The molecule has 0 N–H and O–H groups in total. The van der Waals surface area contributed by atoms with Crippen LogP contribution in [0.5, 0.6) is 5.88 Å². The average molecular weight is 358 g/mol. The lowest BCUT2D eigenvalue weighted by Gasteiger charge is -2.31. The second-order valence-electron chi connectivity index (χ2n) is 7.17. The number of hydrogen-bond donors (Lipinski definition) is 0. The predicted molar refractivity (Wildman–Crippen MR) is 95.0 cm³/mol. The zero-order valence-electron chi connectivity index (χ0n) is 15.3. The fraction of sp³-hybridized carbons (Fsp3) is 0.632. The van der Waals surface area contributed by atoms with Gasteiger partial charge in [-0.05, 0) is 38.7 Å². The van der Waals surface area contributed by atoms with E-state index in [1.807, 2.05) is 19.1 Å². The second kappa shape index (κ2) is 8.14. The Kier molecular flexibility index (Phi) is 5.45. The monoisotopic (exact) mass is 358 g/mol. The van der Waals surface area contributed by atoms with Gasteiger partial charge in [0, 0.05) is 31.5 Å². The summed E-state index contributed by atoms with van der Waals surface area (Å²) in [5.74, 6) is 2.43. The quantitative estimate of drug-likeness (QED) is 0.813. The van der Waals surface area contributed by atoms with E-state index in [1.165, 1.54) is 0 Å². The molecule has 140 valence electrons. The third kappa shape index (κ3) is 4.22. The highest BCUT2D eigenvalue weighted by Gasteiger charge is 2.25. The number of nitrogens with zero attached hydrogens (tertiary/aromatic N) is 4. The maximum Gasteiger partial charge on any atom is 0.230 e. The van der Waals surface area contributed by atoms with Crippen LogP contribution in [0.1, 0.15) is 48.9 Å². The molecule has 26 heavy (non-hydrogen) atoms. The SMILES string of the molecule is Cc1cccnc1OC1CCN(Cc2nnc(C3CCCOC3)o2)CC1. The summed E-state index contributed by atoms with van der Waals surface area (Å²) in [5, 5.41) is 8.46. The summed E-state index contributed by atoms with van der Waals surface area (Å²) in [4.78, 5) is 6.67. The van der Waals surface area contributed by atoms with Crippen molar-refractivity contribution in [1.29, 1.82) is 0 Å². The first-order valence-corrected chi connectivity index (χ1v) is 9.48. The Morgan fingerprint density at radius 3 is 2.88 bits per heavy atom. The highest BCUT2D eigenvalue weighted by Crippen LogP contribution is 2.25. The topological polar surface area (TPSA) is 73.5 Å². The molecule has 0 amide bonds. The fourth-order valence-electron chi connectivity index (χ4n) is 3.56. The van der Waals surface area contributed by atoms with E-state index < -0.39 is 0 Å². The molecule has 0 aromatic carbocycles. The lowest BCUT2D eigenvalue weighted by atomic mass is 10.0. The minimum absolute atomic E-state index is 0.220. The van der Waals surface area contributed by atoms with E-state index in [0.717, 1.165) is 62.7 Å². The van der Waals surface area contributed by atoms with Gasteiger partial charge in [-0.15, -0.1) is 10.2 Å². The van der Waals surface area contributed by atoms with Crippen LogP contribution in [0.4, 0.5) is 0 Å². The van der Waals surface area contributed by atoms with E-state index in [4.69, 9.17) is 13.9 Å². The third-order valence-corrected chi connectivity index (χ3v) is 5.13. The van der Waals surface area contributed by atoms with Crippen LogP contribution in [0.2, 0.25) is 0 Å². The Labute approximate surface area is 153 Å². The molecule has 2 saturated heterocycles. The second-order valence-corrected chi connectivity index (χ2v) is 7.17. The summed E-state index contributed by atoms with van der Waals surface area (Å²) in [6.45, 7) is 6.18. The highest BCUT2D eigenvalue weighted by atomic mass is 16.5. The van der Waals surface area contributed by atoms with Gasteiger partial charge in [0.25, 0.3) is 0 Å². The van der Waals surface area contributed by atoms with Gasteiger partial charge in [-0.1, -0.05) is 6.07 Å². The maximum atomic E-state index is 6.06. The van der Waals surface area contributed by atoms with Crippen LogP contribution in [0.25, 0.3) is 0 Å². The highest BCUT2D eigenvalue weighted by molar-refractivity contribution is 5.23. The molecule has 4 rings (SSSR count). The summed E-state index contributed by atoms with van der Waals surface area (Å²) in [5.41, 5.74) is 1.08. The molecule has 2 aromatic rings. The number of pyridine rings is 1. The molecule has 2 aliphatic heterocycles. The van der Waals surface area contributed by atoms with Crippen LogP contribution >= 0.6 is 0 Å². The van der Waals surface area contributed by atoms with Crippen LogP contribution in [-0.2, 0) is 11.3 Å². The van der Waals surface area contributed by atoms with Crippen molar-refractivity contribution in [3.63, 3.8) is 0 Å². The lowest BCUT2D eigenvalue weighted by Crippen LogP contribution is -2.38. The number of aromatic nitrogens is 3. The fourth-order valence-corrected chi connectivity index (χ4v) is 3.56. The molecule has 4 heterocycles. The van der Waals surface area contributed by atoms with Gasteiger partial charge in [0.2, 0.25) is 17.7 Å². The van der Waals surface area contributed by atoms with Crippen molar-refractivity contribution in [3.8, 4) is 5.88 Å². The molecular weight excluding hydrogens is 332 g/mol. The van der Waals surface area contributed by atoms with Crippen LogP contribution < -0.4 is 4.74 Å². The Morgan fingerprint density at radius 2 is 2.12 bits per heavy atom. The van der Waals surface area contributed by atoms with Gasteiger partial charge in [-0.25, -0.2) is 4.98 Å². The summed E-state index contributed by atoms with van der Waals surface area (Å²) in [6, 6.07) is 3.96. The molecule has 0 radical (unpaired) electrons. The molecule has 1 atom stereocenters. The van der Waals surface area contributed by atoms with Gasteiger partial charge < -0.3 is 13.9 Å². The van der Waals surface area contributed by atoms with Crippen molar-refractivity contribution < 1.29 is 13.9 Å². The Balaban J connectivity index is 1.26. The molecule has 2 fully saturated rings. The molecule has 0 bridgehead atoms. The zero-order chi connectivity index (χ0) is 17.8. The molecule has 2 aromatic heterocycles. The van der Waals surface area contributed by atoms with Crippen LogP contribution in [0.3, 0.4) is 0 Å². The van der Waals surface area contributed by atoms with E-state index >= 15 is 0 Å². The van der Waals surface area contributed by atoms with Crippen molar-refractivity contribution >= 4 is 0 Å². The number of hydrogen-bond acceptors (Lipinski definition) is 7. The standard InChI is InChI=1S/C19H26N4O3/c1-14-4-2-8-20-18(14)25-16-6-9-23(10-7-16)12-17-21-22-19(26-17)15-5-3-11-24-13-15/h2,4,8,15-16H,3,5-7,9-13H2,1H3. The molecule has 0 saturated carbocycles. The molecule has 1 unspecified atom stereocenters. The first-order chi connectivity index (χ1) is 12.8. The van der Waals surface area contributed by atoms with Crippen molar-refractivity contribution in [2.45, 2.75) is 51.2 Å². The number of aryl methyl sites for hydroxylation is 1. The molecule has 0 aliphatic carbocycles. The summed E-state index contributed by atoms with van der Waals surface area (Å²) in [7, 11) is 0. The largest absolute Gasteiger partial charge is 0.474 e. The minimum Gasteiger partial charge on any atom is -0.474 e. The van der Waals surface area contributed by atoms with Crippen molar-refractivity contribution in [2.24, 2.45) is 0 Å². The van der Waals surface area contributed by atoms with E-state index in [-0.39, 0.29) is 12.0 Å². The first-order valence-electron chi connectivity index (χ1n) is 9.48. The summed E-state index contributed by atoms with van der Waals surface area (Å²) in [6.07, 6.45) is 6.09. The van der Waals surface area contributed by atoms with E-state index in [0.29, 0.717) is 19.0 Å². The van der Waals surface area contributed by atoms with E-state index in [9.17, 15) is 0 Å². The van der Waals surface area contributed by atoms with Gasteiger partial charge in [0.05, 0.1) is 19.1 Å². The average Bonchev–Trinajstić information content (AvgIpc) is 3.14. The molecular formula is C19H26N4O3. The summed E-state index contributed by atoms with van der Waals surface area (Å²) < 4.78 is 17.5. The third-order valence-electron chi connectivity index (χ3n) is 5.13. The minimum atomic E-state index is 0.220. The maximum absolute atomic E-state index is 6.06. The van der Waals surface area contributed by atoms with Crippen molar-refractivity contribution in [2.75, 3.05) is 26.3 Å². The zero-order valence-corrected chi connectivity index (χ0v) is 15.3. The Bertz CT molecular complexity index is 706. The van der Waals surface area contributed by atoms with E-state index in [2.05, 4.69) is 20.1 Å². The first kappa shape index (κ1) is 17.4. The van der Waals surface area contributed by atoms with Crippen LogP contribution in [0, 0.1) is 6.92 Å². The number of likely N-dealkylation sites (tertiary alicyclic amines) is 1. The number of piperidine rings is 1. The van der Waals surface area contributed by atoms with Gasteiger partial charge in [-0.2, -0.15) is 0 Å². The van der Waals surface area contributed by atoms with Gasteiger partial charge in [0.1, 0.15) is 6.10 Å². The molecule has 7 heteroatoms. The normalized spacial score (nSPS) is 22.4. The Morgan fingerprint density at radius 1 is 1.23 bits per heavy atom. The molecule has 0 spiro atoms. The van der Waals surface area contributed by atoms with Crippen molar-refractivity contribution in [3.05, 3.63) is 35.7 Å². The van der Waals surface area contributed by atoms with Crippen LogP contribution in [0.15, 0.2) is 22.7 Å². The lowest BCUT2D eigenvalue weighted by molar-refractivity contribution is 0.0702. The Hall–Kier alpha value is -1.99. The smallest absolute Gasteiger partial charge is 0.230 e. The van der Waals surface area contributed by atoms with Gasteiger partial charge in [0.15, 0.2) is 0 Å². The summed E-state index contributed by atoms with van der Waals surface area (Å²) >= 11 is 0. The molecule has 2 aliphatic rings. The number of ether oxygens (including phenoxy) is 2. The van der Waals surface area contributed by atoms with Gasteiger partial charge in [-0.3, -0.25) is 4.90 Å². The molecule has 7 nitrogen and oxygen atoms in total. The van der Waals surface area contributed by atoms with Crippen LogP contribution in [-0.4, -0.2) is 52.5 Å². The van der Waals surface area contributed by atoms with Crippen molar-refractivity contribution in [1.82, 2.24) is 20.1 Å². The van der Waals surface area contributed by atoms with Gasteiger partial charge >= 0.3 is 0 Å². The predicted octanol–water partition coefficient (Wildman–Crippen LogP) is 2.71. The van der Waals surface area contributed by atoms with E-state index in [1.54, 1.807) is 6.20 Å².